The highest BCUT2D eigenvalue weighted by Crippen LogP contribution is 2.33. The minimum Gasteiger partial charge on any atom is -0.336 e. The first-order chi connectivity index (χ1) is 9.69. The van der Waals surface area contributed by atoms with Gasteiger partial charge in [-0.2, -0.15) is 0 Å². The van der Waals surface area contributed by atoms with E-state index in [9.17, 15) is 4.79 Å². The predicted octanol–water partition coefficient (Wildman–Crippen LogP) is 2.65. The van der Waals surface area contributed by atoms with Gasteiger partial charge in [0.15, 0.2) is 0 Å². The van der Waals surface area contributed by atoms with Crippen molar-refractivity contribution in [2.75, 3.05) is 32.7 Å². The first-order valence-electron chi connectivity index (χ1n) is 7.80. The third-order valence-corrected chi connectivity index (χ3v) is 5.79. The Bertz CT molecular complexity index is 489. The second-order valence-electron chi connectivity index (χ2n) is 6.13. The van der Waals surface area contributed by atoms with Gasteiger partial charge in [0.25, 0.3) is 5.91 Å². The van der Waals surface area contributed by atoms with Gasteiger partial charge in [-0.25, -0.2) is 0 Å². The van der Waals surface area contributed by atoms with Gasteiger partial charge in [0.2, 0.25) is 0 Å². The molecule has 1 atom stereocenters. The Hall–Kier alpha value is -0.870. The van der Waals surface area contributed by atoms with Crippen molar-refractivity contribution in [3.8, 4) is 0 Å². The quantitative estimate of drug-likeness (QED) is 0.836. The van der Waals surface area contributed by atoms with Crippen LogP contribution in [0.3, 0.4) is 0 Å². The molecule has 1 fully saturated rings. The zero-order valence-electron chi connectivity index (χ0n) is 12.5. The van der Waals surface area contributed by atoms with Gasteiger partial charge in [-0.3, -0.25) is 4.79 Å². The van der Waals surface area contributed by atoms with E-state index >= 15 is 0 Å². The molecule has 3 nitrogen and oxygen atoms in total. The van der Waals surface area contributed by atoms with E-state index in [2.05, 4.69) is 24.1 Å². The van der Waals surface area contributed by atoms with Crippen molar-refractivity contribution in [3.63, 3.8) is 0 Å². The van der Waals surface area contributed by atoms with Crippen molar-refractivity contribution in [2.24, 2.45) is 5.92 Å². The van der Waals surface area contributed by atoms with E-state index in [1.807, 2.05) is 4.90 Å². The number of rotatable bonds is 2. The van der Waals surface area contributed by atoms with Crippen LogP contribution in [-0.2, 0) is 12.8 Å². The summed E-state index contributed by atoms with van der Waals surface area (Å²) in [5.74, 6) is 1.05. The lowest BCUT2D eigenvalue weighted by Crippen LogP contribution is -2.48. The SMILES string of the molecule is CCN1CCN(C(=O)c2csc3c2CC[C@H](C)C3)CC1. The van der Waals surface area contributed by atoms with Gasteiger partial charge in [-0.05, 0) is 37.3 Å². The van der Waals surface area contributed by atoms with Crippen molar-refractivity contribution in [1.82, 2.24) is 9.80 Å². The number of amides is 1. The number of fused-ring (bicyclic) bond motifs is 1. The maximum Gasteiger partial charge on any atom is 0.255 e. The molecule has 2 aliphatic rings. The van der Waals surface area contributed by atoms with Crippen LogP contribution in [0.15, 0.2) is 5.38 Å². The molecule has 0 aromatic carbocycles. The molecule has 1 saturated heterocycles. The van der Waals surface area contributed by atoms with Crippen LogP contribution in [-0.4, -0.2) is 48.4 Å². The van der Waals surface area contributed by atoms with E-state index < -0.39 is 0 Å². The number of carbonyl (C=O) groups is 1. The average molecular weight is 292 g/mol. The first-order valence-corrected chi connectivity index (χ1v) is 8.68. The van der Waals surface area contributed by atoms with Crippen molar-refractivity contribution < 1.29 is 4.79 Å². The maximum absolute atomic E-state index is 12.7. The van der Waals surface area contributed by atoms with Crippen LogP contribution in [0.25, 0.3) is 0 Å². The Morgan fingerprint density at radius 3 is 2.80 bits per heavy atom. The zero-order chi connectivity index (χ0) is 14.1. The molecule has 4 heteroatoms. The number of piperazine rings is 1. The third-order valence-electron chi connectivity index (χ3n) is 4.74. The van der Waals surface area contributed by atoms with Gasteiger partial charge >= 0.3 is 0 Å². The molecule has 20 heavy (non-hydrogen) atoms. The van der Waals surface area contributed by atoms with E-state index in [-0.39, 0.29) is 5.91 Å². The predicted molar refractivity (Wildman–Crippen MR) is 83.5 cm³/mol. The van der Waals surface area contributed by atoms with Crippen LogP contribution in [0.2, 0.25) is 0 Å². The Morgan fingerprint density at radius 2 is 2.10 bits per heavy atom. The molecule has 1 aromatic heterocycles. The molecule has 1 aliphatic heterocycles. The number of nitrogens with zero attached hydrogens (tertiary/aromatic N) is 2. The Morgan fingerprint density at radius 1 is 1.35 bits per heavy atom. The molecule has 0 unspecified atom stereocenters. The van der Waals surface area contributed by atoms with Gasteiger partial charge in [0.05, 0.1) is 5.56 Å². The molecule has 110 valence electrons. The summed E-state index contributed by atoms with van der Waals surface area (Å²) in [6.45, 7) is 9.40. The second-order valence-corrected chi connectivity index (χ2v) is 7.09. The second kappa shape index (κ2) is 5.86. The van der Waals surface area contributed by atoms with E-state index in [4.69, 9.17) is 0 Å². The van der Waals surface area contributed by atoms with E-state index in [1.54, 1.807) is 11.3 Å². The van der Waals surface area contributed by atoms with Gasteiger partial charge < -0.3 is 9.80 Å². The lowest BCUT2D eigenvalue weighted by Gasteiger charge is -2.34. The number of thiophene rings is 1. The molecule has 0 spiro atoms. The summed E-state index contributed by atoms with van der Waals surface area (Å²) in [6, 6.07) is 0. The summed E-state index contributed by atoms with van der Waals surface area (Å²) >= 11 is 1.80. The Labute approximate surface area is 125 Å². The molecule has 1 aliphatic carbocycles. The van der Waals surface area contributed by atoms with Crippen LogP contribution >= 0.6 is 11.3 Å². The third kappa shape index (κ3) is 2.63. The summed E-state index contributed by atoms with van der Waals surface area (Å²) in [6.07, 6.45) is 3.49. The zero-order valence-corrected chi connectivity index (χ0v) is 13.3. The number of likely N-dealkylation sites (N-methyl/N-ethyl adjacent to an activating group) is 1. The monoisotopic (exact) mass is 292 g/mol. The molecule has 3 rings (SSSR count). The first kappa shape index (κ1) is 14.1. The largest absolute Gasteiger partial charge is 0.336 e. The lowest BCUT2D eigenvalue weighted by molar-refractivity contribution is 0.0642. The molecule has 0 bridgehead atoms. The number of hydrogen-bond donors (Lipinski definition) is 0. The fourth-order valence-corrected chi connectivity index (χ4v) is 4.53. The Kier molecular flexibility index (Phi) is 4.13. The minimum absolute atomic E-state index is 0.271. The molecule has 2 heterocycles. The van der Waals surface area contributed by atoms with Crippen LogP contribution in [0.1, 0.15) is 41.1 Å². The highest BCUT2D eigenvalue weighted by Gasteiger charge is 2.27. The lowest BCUT2D eigenvalue weighted by atomic mass is 9.88. The molecule has 1 amide bonds. The normalized spacial score (nSPS) is 23.7. The van der Waals surface area contributed by atoms with Crippen LogP contribution in [0.4, 0.5) is 0 Å². The van der Waals surface area contributed by atoms with E-state index in [1.165, 1.54) is 16.9 Å². The molecule has 0 radical (unpaired) electrons. The molecular weight excluding hydrogens is 268 g/mol. The highest BCUT2D eigenvalue weighted by atomic mass is 32.1. The van der Waals surface area contributed by atoms with Crippen molar-refractivity contribution in [3.05, 3.63) is 21.4 Å². The highest BCUT2D eigenvalue weighted by molar-refractivity contribution is 7.10. The standard InChI is InChI=1S/C16H24N2OS/c1-3-17-6-8-18(9-7-17)16(19)14-11-20-15-10-12(2)4-5-13(14)15/h11-12H,3-10H2,1-2H3/t12-/m0/s1. The van der Waals surface area contributed by atoms with Crippen molar-refractivity contribution in [1.29, 1.82) is 0 Å². The van der Waals surface area contributed by atoms with Crippen molar-refractivity contribution >= 4 is 17.2 Å². The molecule has 0 N–H and O–H groups in total. The van der Waals surface area contributed by atoms with Crippen LogP contribution in [0, 0.1) is 5.92 Å². The Balaban J connectivity index is 1.72. The van der Waals surface area contributed by atoms with E-state index in [0.29, 0.717) is 0 Å². The van der Waals surface area contributed by atoms with Gasteiger partial charge in [-0.1, -0.05) is 13.8 Å². The fraction of sp³-hybridized carbons (Fsp3) is 0.688. The fourth-order valence-electron chi connectivity index (χ4n) is 3.29. The summed E-state index contributed by atoms with van der Waals surface area (Å²) in [7, 11) is 0. The summed E-state index contributed by atoms with van der Waals surface area (Å²) < 4.78 is 0. The van der Waals surface area contributed by atoms with Gasteiger partial charge in [0.1, 0.15) is 0 Å². The van der Waals surface area contributed by atoms with Gasteiger partial charge in [-0.15, -0.1) is 11.3 Å². The van der Waals surface area contributed by atoms with Crippen LogP contribution < -0.4 is 0 Å². The number of hydrogen-bond acceptors (Lipinski definition) is 3. The van der Waals surface area contributed by atoms with Gasteiger partial charge in [0, 0.05) is 36.4 Å². The number of carbonyl (C=O) groups excluding carboxylic acids is 1. The summed E-state index contributed by atoms with van der Waals surface area (Å²) in [5.41, 5.74) is 2.36. The molecule has 1 aromatic rings. The summed E-state index contributed by atoms with van der Waals surface area (Å²) in [4.78, 5) is 18.6. The smallest absolute Gasteiger partial charge is 0.255 e. The minimum atomic E-state index is 0.271. The molecule has 0 saturated carbocycles. The maximum atomic E-state index is 12.7. The molecular formula is C16H24N2OS. The average Bonchev–Trinajstić information content (AvgIpc) is 2.89. The topological polar surface area (TPSA) is 23.6 Å². The summed E-state index contributed by atoms with van der Waals surface area (Å²) in [5, 5.41) is 2.11. The van der Waals surface area contributed by atoms with Crippen molar-refractivity contribution in [2.45, 2.75) is 33.1 Å². The van der Waals surface area contributed by atoms with Crippen LogP contribution in [0.5, 0.6) is 0 Å². The van der Waals surface area contributed by atoms with E-state index in [0.717, 1.165) is 57.0 Å².